The SMILES string of the molecule is C=CCn1ncc(NCC(C)C)c(Cl)c1=O. The van der Waals surface area contributed by atoms with Crippen LogP contribution in [0.25, 0.3) is 0 Å². The smallest absolute Gasteiger partial charge is 0.287 e. The second-order valence-corrected chi connectivity index (χ2v) is 4.30. The van der Waals surface area contributed by atoms with Gasteiger partial charge in [0.15, 0.2) is 0 Å². The number of anilines is 1. The van der Waals surface area contributed by atoms with Crippen LogP contribution in [0.2, 0.25) is 5.02 Å². The number of allylic oxidation sites excluding steroid dienone is 1. The molecule has 0 atom stereocenters. The first kappa shape index (κ1) is 12.8. The van der Waals surface area contributed by atoms with Gasteiger partial charge >= 0.3 is 0 Å². The van der Waals surface area contributed by atoms with E-state index >= 15 is 0 Å². The van der Waals surface area contributed by atoms with Crippen LogP contribution >= 0.6 is 11.6 Å². The lowest BCUT2D eigenvalue weighted by atomic mass is 10.2. The molecule has 0 radical (unpaired) electrons. The van der Waals surface area contributed by atoms with Gasteiger partial charge in [-0.05, 0) is 5.92 Å². The Morgan fingerprint density at radius 3 is 2.94 bits per heavy atom. The molecule has 0 aliphatic heterocycles. The summed E-state index contributed by atoms with van der Waals surface area (Å²) in [6, 6.07) is 0. The predicted octanol–water partition coefficient (Wildman–Crippen LogP) is 2.15. The highest BCUT2D eigenvalue weighted by molar-refractivity contribution is 6.32. The second-order valence-electron chi connectivity index (χ2n) is 3.92. The van der Waals surface area contributed by atoms with Crippen molar-refractivity contribution in [2.45, 2.75) is 20.4 Å². The summed E-state index contributed by atoms with van der Waals surface area (Å²) in [4.78, 5) is 11.7. The molecule has 0 aromatic carbocycles. The number of rotatable bonds is 5. The summed E-state index contributed by atoms with van der Waals surface area (Å²) >= 11 is 5.95. The summed E-state index contributed by atoms with van der Waals surface area (Å²) in [5, 5.41) is 7.26. The van der Waals surface area contributed by atoms with Gasteiger partial charge in [0, 0.05) is 6.54 Å². The summed E-state index contributed by atoms with van der Waals surface area (Å²) in [7, 11) is 0. The zero-order valence-electron chi connectivity index (χ0n) is 9.53. The van der Waals surface area contributed by atoms with Gasteiger partial charge in [0.05, 0.1) is 18.4 Å². The van der Waals surface area contributed by atoms with Gasteiger partial charge in [-0.2, -0.15) is 5.10 Å². The number of hydrogen-bond acceptors (Lipinski definition) is 3. The molecule has 0 unspecified atom stereocenters. The first-order valence-corrected chi connectivity index (χ1v) is 5.54. The van der Waals surface area contributed by atoms with Crippen molar-refractivity contribution < 1.29 is 0 Å². The van der Waals surface area contributed by atoms with Crippen LogP contribution in [-0.2, 0) is 6.54 Å². The molecule has 1 aromatic rings. The number of halogens is 1. The summed E-state index contributed by atoms with van der Waals surface area (Å²) in [5.41, 5.74) is 0.288. The zero-order valence-corrected chi connectivity index (χ0v) is 10.3. The van der Waals surface area contributed by atoms with E-state index < -0.39 is 0 Å². The topological polar surface area (TPSA) is 46.9 Å². The number of aromatic nitrogens is 2. The number of nitrogens with one attached hydrogen (secondary N) is 1. The van der Waals surface area contributed by atoms with Crippen LogP contribution in [0.5, 0.6) is 0 Å². The Morgan fingerprint density at radius 1 is 1.69 bits per heavy atom. The van der Waals surface area contributed by atoms with Gasteiger partial charge in [0.25, 0.3) is 5.56 Å². The molecule has 0 spiro atoms. The molecule has 4 nitrogen and oxygen atoms in total. The standard InChI is InChI=1S/C11H16ClN3O/c1-4-5-15-11(16)10(12)9(7-14-15)13-6-8(2)3/h4,7-8,13H,1,5-6H2,2-3H3. The summed E-state index contributed by atoms with van der Waals surface area (Å²) in [5.74, 6) is 0.478. The van der Waals surface area contributed by atoms with Crippen LogP contribution in [0.1, 0.15) is 13.8 Å². The van der Waals surface area contributed by atoms with E-state index in [9.17, 15) is 4.79 Å². The Kier molecular flexibility index (Phi) is 4.55. The van der Waals surface area contributed by atoms with E-state index in [2.05, 4.69) is 30.8 Å². The van der Waals surface area contributed by atoms with Crippen LogP contribution in [0.15, 0.2) is 23.6 Å². The third-order valence-corrected chi connectivity index (χ3v) is 2.35. The van der Waals surface area contributed by atoms with E-state index in [0.717, 1.165) is 6.54 Å². The number of hydrogen-bond donors (Lipinski definition) is 1. The van der Waals surface area contributed by atoms with E-state index in [0.29, 0.717) is 18.2 Å². The second kappa shape index (κ2) is 5.70. The van der Waals surface area contributed by atoms with E-state index in [4.69, 9.17) is 11.6 Å². The first-order chi connectivity index (χ1) is 7.56. The van der Waals surface area contributed by atoms with E-state index in [1.165, 1.54) is 4.68 Å². The first-order valence-electron chi connectivity index (χ1n) is 5.16. The van der Waals surface area contributed by atoms with Gasteiger partial charge in [0.2, 0.25) is 0 Å². The quantitative estimate of drug-likeness (QED) is 0.804. The van der Waals surface area contributed by atoms with Crippen molar-refractivity contribution in [3.05, 3.63) is 34.2 Å². The molecule has 0 saturated heterocycles. The Balaban J connectivity index is 2.93. The van der Waals surface area contributed by atoms with E-state index in [1.807, 2.05) is 0 Å². The van der Waals surface area contributed by atoms with Crippen molar-refractivity contribution in [3.63, 3.8) is 0 Å². The third kappa shape index (κ3) is 3.10. The highest BCUT2D eigenvalue weighted by Crippen LogP contribution is 2.15. The minimum atomic E-state index is -0.296. The normalized spacial score (nSPS) is 10.5. The molecular weight excluding hydrogens is 226 g/mol. The largest absolute Gasteiger partial charge is 0.382 e. The van der Waals surface area contributed by atoms with Gasteiger partial charge < -0.3 is 5.32 Å². The minimum Gasteiger partial charge on any atom is -0.382 e. The lowest BCUT2D eigenvalue weighted by Crippen LogP contribution is -2.24. The Labute approximate surface area is 99.9 Å². The minimum absolute atomic E-state index is 0.178. The Morgan fingerprint density at radius 2 is 2.38 bits per heavy atom. The van der Waals surface area contributed by atoms with Crippen LogP contribution in [0, 0.1) is 5.92 Å². The fraction of sp³-hybridized carbons (Fsp3) is 0.455. The molecule has 1 aromatic heterocycles. The molecule has 16 heavy (non-hydrogen) atoms. The highest BCUT2D eigenvalue weighted by atomic mass is 35.5. The summed E-state index contributed by atoms with van der Waals surface area (Å²) in [6.07, 6.45) is 3.17. The van der Waals surface area contributed by atoms with Crippen molar-refractivity contribution in [1.29, 1.82) is 0 Å². The monoisotopic (exact) mass is 241 g/mol. The van der Waals surface area contributed by atoms with Gasteiger partial charge in [-0.25, -0.2) is 4.68 Å². The molecular formula is C11H16ClN3O. The molecule has 0 saturated carbocycles. The molecule has 0 bridgehead atoms. The zero-order chi connectivity index (χ0) is 12.1. The molecule has 0 aliphatic carbocycles. The van der Waals surface area contributed by atoms with E-state index in [-0.39, 0.29) is 10.6 Å². The van der Waals surface area contributed by atoms with Crippen molar-refractivity contribution in [2.24, 2.45) is 5.92 Å². The van der Waals surface area contributed by atoms with Gasteiger partial charge in [-0.1, -0.05) is 31.5 Å². The lowest BCUT2D eigenvalue weighted by Gasteiger charge is -2.10. The van der Waals surface area contributed by atoms with Crippen LogP contribution < -0.4 is 10.9 Å². The van der Waals surface area contributed by atoms with Gasteiger partial charge in [-0.15, -0.1) is 6.58 Å². The third-order valence-electron chi connectivity index (χ3n) is 1.99. The van der Waals surface area contributed by atoms with Crippen LogP contribution in [-0.4, -0.2) is 16.3 Å². The fourth-order valence-electron chi connectivity index (χ4n) is 1.15. The van der Waals surface area contributed by atoms with Crippen LogP contribution in [0.3, 0.4) is 0 Å². The Bertz CT molecular complexity index is 426. The summed E-state index contributed by atoms with van der Waals surface area (Å²) in [6.45, 7) is 8.82. The molecule has 0 fully saturated rings. The highest BCUT2D eigenvalue weighted by Gasteiger charge is 2.08. The average molecular weight is 242 g/mol. The van der Waals surface area contributed by atoms with Crippen molar-refractivity contribution >= 4 is 17.3 Å². The lowest BCUT2D eigenvalue weighted by molar-refractivity contribution is 0.649. The summed E-state index contributed by atoms with van der Waals surface area (Å²) < 4.78 is 1.27. The van der Waals surface area contributed by atoms with Crippen molar-refractivity contribution in [1.82, 2.24) is 9.78 Å². The van der Waals surface area contributed by atoms with Gasteiger partial charge in [-0.3, -0.25) is 4.79 Å². The van der Waals surface area contributed by atoms with Crippen molar-refractivity contribution in [2.75, 3.05) is 11.9 Å². The molecule has 5 heteroatoms. The van der Waals surface area contributed by atoms with Crippen LogP contribution in [0.4, 0.5) is 5.69 Å². The molecule has 0 aliphatic rings. The predicted molar refractivity (Wildman–Crippen MR) is 67.0 cm³/mol. The molecule has 88 valence electrons. The maximum absolute atomic E-state index is 11.7. The molecule has 1 rings (SSSR count). The molecule has 1 N–H and O–H groups in total. The average Bonchev–Trinajstić information content (AvgIpc) is 2.24. The number of nitrogens with zero attached hydrogens (tertiary/aromatic N) is 2. The molecule has 1 heterocycles. The van der Waals surface area contributed by atoms with Crippen molar-refractivity contribution in [3.8, 4) is 0 Å². The molecule has 0 amide bonds. The van der Waals surface area contributed by atoms with Gasteiger partial charge in [0.1, 0.15) is 5.02 Å². The maximum Gasteiger partial charge on any atom is 0.287 e. The Hall–Kier alpha value is -1.29. The van der Waals surface area contributed by atoms with E-state index in [1.54, 1.807) is 12.3 Å². The fourth-order valence-corrected chi connectivity index (χ4v) is 1.37. The maximum atomic E-state index is 11.7.